The molecule has 1 aromatic heterocycles. The largest absolute Gasteiger partial charge is 0.351 e. The van der Waals surface area contributed by atoms with E-state index < -0.39 is 0 Å². The topological polar surface area (TPSA) is 68.4 Å². The van der Waals surface area contributed by atoms with Crippen molar-refractivity contribution in [1.29, 1.82) is 0 Å². The summed E-state index contributed by atoms with van der Waals surface area (Å²) in [4.78, 5) is 32.4. The molecular formula is C23H26N4O2. The number of carbonyl (C=O) groups excluding carboxylic acids is 2. The summed E-state index contributed by atoms with van der Waals surface area (Å²) in [5.74, 6) is -0.0708. The Labute approximate surface area is 170 Å². The molecule has 2 aromatic carbocycles. The fourth-order valence-corrected chi connectivity index (χ4v) is 3.61. The van der Waals surface area contributed by atoms with Gasteiger partial charge in [-0.1, -0.05) is 23.8 Å². The van der Waals surface area contributed by atoms with E-state index in [0.29, 0.717) is 17.8 Å². The lowest BCUT2D eigenvalue weighted by Crippen LogP contribution is -2.47. The van der Waals surface area contributed by atoms with Crippen molar-refractivity contribution in [2.24, 2.45) is 0 Å². The van der Waals surface area contributed by atoms with Gasteiger partial charge in [0.1, 0.15) is 5.69 Å². The second-order valence-corrected chi connectivity index (χ2v) is 7.75. The number of piperazine rings is 1. The average molecular weight is 390 g/mol. The molecule has 6 nitrogen and oxygen atoms in total. The number of aromatic amines is 1. The van der Waals surface area contributed by atoms with Gasteiger partial charge in [-0.15, -0.1) is 0 Å². The van der Waals surface area contributed by atoms with Crippen molar-refractivity contribution in [2.45, 2.75) is 13.5 Å². The fourth-order valence-electron chi connectivity index (χ4n) is 3.61. The molecule has 2 heterocycles. The van der Waals surface area contributed by atoms with Crippen molar-refractivity contribution in [3.8, 4) is 0 Å². The highest BCUT2D eigenvalue weighted by atomic mass is 16.2. The molecule has 0 atom stereocenters. The van der Waals surface area contributed by atoms with Crippen LogP contribution in [0.15, 0.2) is 48.5 Å². The molecule has 1 fully saturated rings. The van der Waals surface area contributed by atoms with Crippen LogP contribution in [0.2, 0.25) is 0 Å². The predicted octanol–water partition coefficient (Wildman–Crippen LogP) is 2.79. The predicted molar refractivity (Wildman–Crippen MR) is 114 cm³/mol. The Balaban J connectivity index is 1.36. The summed E-state index contributed by atoms with van der Waals surface area (Å²) in [6.45, 7) is 5.78. The molecule has 2 N–H and O–H groups in total. The van der Waals surface area contributed by atoms with Crippen LogP contribution >= 0.6 is 0 Å². The number of rotatable bonds is 4. The molecule has 0 spiro atoms. The Kier molecular flexibility index (Phi) is 5.36. The van der Waals surface area contributed by atoms with Crippen LogP contribution in [-0.2, 0) is 6.54 Å². The Morgan fingerprint density at radius 3 is 2.45 bits per heavy atom. The maximum atomic E-state index is 12.6. The van der Waals surface area contributed by atoms with Crippen LogP contribution in [0.4, 0.5) is 0 Å². The normalized spacial score (nSPS) is 14.9. The lowest BCUT2D eigenvalue weighted by atomic mass is 10.1. The molecule has 1 aliphatic heterocycles. The van der Waals surface area contributed by atoms with Crippen LogP contribution in [0.3, 0.4) is 0 Å². The number of H-pyrrole nitrogens is 1. The van der Waals surface area contributed by atoms with E-state index >= 15 is 0 Å². The van der Waals surface area contributed by atoms with Crippen LogP contribution in [0.1, 0.15) is 32.0 Å². The van der Waals surface area contributed by atoms with Gasteiger partial charge in [-0.25, -0.2) is 0 Å². The van der Waals surface area contributed by atoms with Crippen LogP contribution < -0.4 is 5.32 Å². The number of hydrogen-bond donors (Lipinski definition) is 2. The number of fused-ring (bicyclic) bond motifs is 1. The number of benzene rings is 2. The van der Waals surface area contributed by atoms with E-state index in [-0.39, 0.29) is 11.8 Å². The first kappa shape index (κ1) is 19.2. The Bertz CT molecular complexity index is 1030. The van der Waals surface area contributed by atoms with Crippen LogP contribution in [-0.4, -0.2) is 59.8 Å². The highest BCUT2D eigenvalue weighted by Crippen LogP contribution is 2.17. The van der Waals surface area contributed by atoms with Crippen molar-refractivity contribution in [2.75, 3.05) is 33.2 Å². The molecule has 2 amide bonds. The van der Waals surface area contributed by atoms with Gasteiger partial charge in [-0.3, -0.25) is 9.59 Å². The summed E-state index contributed by atoms with van der Waals surface area (Å²) in [7, 11) is 2.07. The van der Waals surface area contributed by atoms with Gasteiger partial charge in [0.2, 0.25) is 0 Å². The smallest absolute Gasteiger partial charge is 0.267 e. The lowest BCUT2D eigenvalue weighted by molar-refractivity contribution is 0.0664. The lowest BCUT2D eigenvalue weighted by Gasteiger charge is -2.32. The van der Waals surface area contributed by atoms with Gasteiger partial charge in [0.05, 0.1) is 0 Å². The zero-order valence-corrected chi connectivity index (χ0v) is 16.9. The second kappa shape index (κ2) is 8.09. The van der Waals surface area contributed by atoms with Gasteiger partial charge in [0.25, 0.3) is 11.8 Å². The summed E-state index contributed by atoms with van der Waals surface area (Å²) in [5, 5.41) is 3.97. The van der Waals surface area contributed by atoms with E-state index in [1.54, 1.807) is 0 Å². The summed E-state index contributed by atoms with van der Waals surface area (Å²) < 4.78 is 0. The standard InChI is InChI=1S/C23H26N4O2/c1-16-3-8-20-19(13-16)14-21(25-20)22(28)24-15-17-4-6-18(7-5-17)23(29)27-11-9-26(2)10-12-27/h3-8,13-14,25H,9-12,15H2,1-2H3,(H,24,28). The second-order valence-electron chi connectivity index (χ2n) is 7.75. The molecule has 0 unspecified atom stereocenters. The van der Waals surface area contributed by atoms with Crippen molar-refractivity contribution in [1.82, 2.24) is 20.1 Å². The Morgan fingerprint density at radius 2 is 1.72 bits per heavy atom. The quantitative estimate of drug-likeness (QED) is 0.720. The first-order chi connectivity index (χ1) is 14.0. The number of likely N-dealkylation sites (N-methyl/N-ethyl adjacent to an activating group) is 1. The Morgan fingerprint density at radius 1 is 1.00 bits per heavy atom. The third-order valence-electron chi connectivity index (χ3n) is 5.47. The minimum atomic E-state index is -0.142. The summed E-state index contributed by atoms with van der Waals surface area (Å²) >= 11 is 0. The first-order valence-corrected chi connectivity index (χ1v) is 9.94. The number of amides is 2. The van der Waals surface area contributed by atoms with Gasteiger partial charge in [0.15, 0.2) is 0 Å². The molecular weight excluding hydrogens is 364 g/mol. The molecule has 150 valence electrons. The third-order valence-corrected chi connectivity index (χ3v) is 5.47. The first-order valence-electron chi connectivity index (χ1n) is 9.94. The summed E-state index contributed by atoms with van der Waals surface area (Å²) in [6.07, 6.45) is 0. The molecule has 29 heavy (non-hydrogen) atoms. The minimum absolute atomic E-state index is 0.0713. The molecule has 0 saturated carbocycles. The number of hydrogen-bond acceptors (Lipinski definition) is 3. The highest BCUT2D eigenvalue weighted by molar-refractivity contribution is 5.98. The van der Waals surface area contributed by atoms with Crippen molar-refractivity contribution in [3.05, 3.63) is 70.9 Å². The molecule has 1 aliphatic rings. The van der Waals surface area contributed by atoms with E-state index in [2.05, 4.69) is 28.3 Å². The fraction of sp³-hybridized carbons (Fsp3) is 0.304. The van der Waals surface area contributed by atoms with E-state index in [0.717, 1.165) is 48.2 Å². The summed E-state index contributed by atoms with van der Waals surface area (Å²) in [5.41, 5.74) is 4.31. The molecule has 3 aromatic rings. The molecule has 0 aliphatic carbocycles. The van der Waals surface area contributed by atoms with Gasteiger partial charge in [0, 0.05) is 49.2 Å². The van der Waals surface area contributed by atoms with Crippen molar-refractivity contribution >= 4 is 22.7 Å². The molecule has 0 radical (unpaired) electrons. The number of aromatic nitrogens is 1. The maximum absolute atomic E-state index is 12.6. The molecule has 1 saturated heterocycles. The van der Waals surface area contributed by atoms with E-state index in [4.69, 9.17) is 0 Å². The van der Waals surface area contributed by atoms with Crippen molar-refractivity contribution < 1.29 is 9.59 Å². The molecule has 6 heteroatoms. The zero-order valence-electron chi connectivity index (χ0n) is 16.9. The van der Waals surface area contributed by atoms with Gasteiger partial charge in [-0.05, 0) is 49.9 Å². The number of carbonyl (C=O) groups is 2. The zero-order chi connectivity index (χ0) is 20.4. The minimum Gasteiger partial charge on any atom is -0.351 e. The van der Waals surface area contributed by atoms with Gasteiger partial charge >= 0.3 is 0 Å². The molecule has 4 rings (SSSR count). The number of nitrogens with one attached hydrogen (secondary N) is 2. The van der Waals surface area contributed by atoms with Crippen molar-refractivity contribution in [3.63, 3.8) is 0 Å². The van der Waals surface area contributed by atoms with Gasteiger partial charge in [-0.2, -0.15) is 0 Å². The van der Waals surface area contributed by atoms with Gasteiger partial charge < -0.3 is 20.1 Å². The number of nitrogens with zero attached hydrogens (tertiary/aromatic N) is 2. The highest BCUT2D eigenvalue weighted by Gasteiger charge is 2.20. The van der Waals surface area contributed by atoms with Crippen LogP contribution in [0, 0.1) is 6.92 Å². The maximum Gasteiger partial charge on any atom is 0.267 e. The van der Waals surface area contributed by atoms with Crippen LogP contribution in [0.25, 0.3) is 10.9 Å². The monoisotopic (exact) mass is 390 g/mol. The number of aryl methyl sites for hydroxylation is 1. The average Bonchev–Trinajstić information content (AvgIpc) is 3.16. The van der Waals surface area contributed by atoms with E-state index in [1.165, 1.54) is 0 Å². The Hall–Kier alpha value is -3.12. The molecule has 0 bridgehead atoms. The van der Waals surface area contributed by atoms with E-state index in [1.807, 2.05) is 54.3 Å². The van der Waals surface area contributed by atoms with E-state index in [9.17, 15) is 9.59 Å². The third kappa shape index (κ3) is 4.32. The SMILES string of the molecule is Cc1ccc2[nH]c(C(=O)NCc3ccc(C(=O)N4CCN(C)CC4)cc3)cc2c1. The van der Waals surface area contributed by atoms with Crippen LogP contribution in [0.5, 0.6) is 0 Å². The summed E-state index contributed by atoms with van der Waals surface area (Å²) in [6, 6.07) is 15.4.